The van der Waals surface area contributed by atoms with Gasteiger partial charge in [-0.15, -0.1) is 0 Å². The molecule has 0 unspecified atom stereocenters. The summed E-state index contributed by atoms with van der Waals surface area (Å²) in [5.74, 6) is 0. The van der Waals surface area contributed by atoms with Crippen LogP contribution in [0.2, 0.25) is 0 Å². The van der Waals surface area contributed by atoms with Crippen LogP contribution in [-0.4, -0.2) is 11.9 Å². The van der Waals surface area contributed by atoms with Gasteiger partial charge >= 0.3 is 0 Å². The lowest BCUT2D eigenvalue weighted by atomic mass is 10.5. The Morgan fingerprint density at radius 2 is 2.00 bits per heavy atom. The molecule has 0 atom stereocenters. The van der Waals surface area contributed by atoms with E-state index in [9.17, 15) is 0 Å². The standard InChI is InChI=1S/C7H10N2/c1-4-8-6-7(3)9-5-2/h4-6H,1-2H2,3H3/b8-6-,9-7-. The largest absolute Gasteiger partial charge is 0.263 e. The molecule has 0 heterocycles. The van der Waals surface area contributed by atoms with Crippen LogP contribution < -0.4 is 0 Å². The smallest absolute Gasteiger partial charge is 0.0554 e. The molecular weight excluding hydrogens is 112 g/mol. The molecule has 2 nitrogen and oxygen atoms in total. The molecule has 0 rings (SSSR count). The van der Waals surface area contributed by atoms with Crippen LogP contribution in [0.5, 0.6) is 0 Å². The normalized spacial score (nSPS) is 11.9. The van der Waals surface area contributed by atoms with Gasteiger partial charge in [-0.05, 0) is 6.92 Å². The van der Waals surface area contributed by atoms with E-state index in [2.05, 4.69) is 23.1 Å². The Hall–Kier alpha value is -1.18. The summed E-state index contributed by atoms with van der Waals surface area (Å²) in [5.41, 5.74) is 0.824. The van der Waals surface area contributed by atoms with Crippen LogP contribution in [0.15, 0.2) is 35.5 Å². The van der Waals surface area contributed by atoms with Gasteiger partial charge in [-0.2, -0.15) is 0 Å². The third-order valence-electron chi connectivity index (χ3n) is 0.662. The summed E-state index contributed by atoms with van der Waals surface area (Å²) in [7, 11) is 0. The molecule has 0 bridgehead atoms. The molecule has 0 aromatic carbocycles. The molecule has 0 saturated carbocycles. The molecule has 0 aromatic rings. The summed E-state index contributed by atoms with van der Waals surface area (Å²) < 4.78 is 0. The molecule has 0 aliphatic carbocycles. The Morgan fingerprint density at radius 1 is 1.33 bits per heavy atom. The maximum Gasteiger partial charge on any atom is 0.0554 e. The van der Waals surface area contributed by atoms with Gasteiger partial charge in [0, 0.05) is 18.6 Å². The molecule has 2 heteroatoms. The lowest BCUT2D eigenvalue weighted by Crippen LogP contribution is -1.88. The molecular formula is C7H10N2. The van der Waals surface area contributed by atoms with E-state index in [1.807, 2.05) is 6.92 Å². The van der Waals surface area contributed by atoms with Crippen LogP contribution in [-0.2, 0) is 0 Å². The second kappa shape index (κ2) is 4.97. The third-order valence-corrected chi connectivity index (χ3v) is 0.662. The number of hydrogen-bond donors (Lipinski definition) is 0. The third kappa shape index (κ3) is 4.68. The van der Waals surface area contributed by atoms with Crippen molar-refractivity contribution in [1.29, 1.82) is 0 Å². The highest BCUT2D eigenvalue weighted by Gasteiger charge is 1.75. The van der Waals surface area contributed by atoms with Crippen LogP contribution in [0, 0.1) is 0 Å². The molecule has 0 amide bonds. The van der Waals surface area contributed by atoms with Crippen LogP contribution >= 0.6 is 0 Å². The summed E-state index contributed by atoms with van der Waals surface area (Å²) in [6, 6.07) is 0. The second-order valence-corrected chi connectivity index (χ2v) is 1.41. The van der Waals surface area contributed by atoms with Crippen LogP contribution in [0.3, 0.4) is 0 Å². The summed E-state index contributed by atoms with van der Waals surface area (Å²) >= 11 is 0. The van der Waals surface area contributed by atoms with Crippen molar-refractivity contribution in [1.82, 2.24) is 0 Å². The topological polar surface area (TPSA) is 24.7 Å². The van der Waals surface area contributed by atoms with E-state index >= 15 is 0 Å². The predicted molar refractivity (Wildman–Crippen MR) is 42.0 cm³/mol. The van der Waals surface area contributed by atoms with Gasteiger partial charge in [0.25, 0.3) is 0 Å². The molecule has 0 N–H and O–H groups in total. The quantitative estimate of drug-likeness (QED) is 0.510. The van der Waals surface area contributed by atoms with Crippen molar-refractivity contribution in [3.63, 3.8) is 0 Å². The first-order chi connectivity index (χ1) is 4.31. The summed E-state index contributed by atoms with van der Waals surface area (Å²) in [6.07, 6.45) is 4.56. The first kappa shape index (κ1) is 7.82. The molecule has 0 radical (unpaired) electrons. The van der Waals surface area contributed by atoms with Gasteiger partial charge in [0.15, 0.2) is 0 Å². The molecule has 9 heavy (non-hydrogen) atoms. The fourth-order valence-electron chi connectivity index (χ4n) is 0.338. The van der Waals surface area contributed by atoms with Gasteiger partial charge in [0.1, 0.15) is 0 Å². The van der Waals surface area contributed by atoms with E-state index in [0.29, 0.717) is 0 Å². The van der Waals surface area contributed by atoms with Crippen molar-refractivity contribution in [3.05, 3.63) is 25.6 Å². The zero-order valence-corrected chi connectivity index (χ0v) is 5.54. The zero-order chi connectivity index (χ0) is 7.11. The Bertz CT molecular complexity index is 154. The van der Waals surface area contributed by atoms with E-state index in [0.717, 1.165) is 5.71 Å². The Balaban J connectivity index is 3.88. The fraction of sp³-hybridized carbons (Fsp3) is 0.143. The average Bonchev–Trinajstić information content (AvgIpc) is 1.85. The lowest BCUT2D eigenvalue weighted by Gasteiger charge is -1.81. The van der Waals surface area contributed by atoms with Gasteiger partial charge < -0.3 is 0 Å². The maximum absolute atomic E-state index is 3.85. The monoisotopic (exact) mass is 122 g/mol. The second-order valence-electron chi connectivity index (χ2n) is 1.41. The molecule has 0 aliphatic rings. The Labute approximate surface area is 55.3 Å². The van der Waals surface area contributed by atoms with Crippen molar-refractivity contribution >= 4 is 11.9 Å². The first-order valence-electron chi connectivity index (χ1n) is 2.60. The SMILES string of the molecule is C=C/N=C\C(C)=N/C=C. The molecule has 0 saturated heterocycles. The first-order valence-corrected chi connectivity index (χ1v) is 2.60. The van der Waals surface area contributed by atoms with Crippen molar-refractivity contribution < 1.29 is 0 Å². The summed E-state index contributed by atoms with van der Waals surface area (Å²) in [6.45, 7) is 8.69. The van der Waals surface area contributed by atoms with Gasteiger partial charge in [0.2, 0.25) is 0 Å². The minimum absolute atomic E-state index is 0.824. The van der Waals surface area contributed by atoms with Gasteiger partial charge in [0.05, 0.1) is 5.71 Å². The minimum atomic E-state index is 0.824. The maximum atomic E-state index is 3.85. The highest BCUT2D eigenvalue weighted by molar-refractivity contribution is 6.29. The molecule has 0 aromatic heterocycles. The number of aliphatic imine (C=N–C) groups is 2. The van der Waals surface area contributed by atoms with E-state index in [1.54, 1.807) is 6.21 Å². The highest BCUT2D eigenvalue weighted by atomic mass is 14.7. The summed E-state index contributed by atoms with van der Waals surface area (Å²) in [5, 5.41) is 0. The van der Waals surface area contributed by atoms with Crippen molar-refractivity contribution in [2.24, 2.45) is 9.98 Å². The highest BCUT2D eigenvalue weighted by Crippen LogP contribution is 1.74. The predicted octanol–water partition coefficient (Wildman–Crippen LogP) is 1.81. The molecule has 0 spiro atoms. The van der Waals surface area contributed by atoms with Crippen LogP contribution in [0.25, 0.3) is 0 Å². The van der Waals surface area contributed by atoms with Crippen LogP contribution in [0.4, 0.5) is 0 Å². The fourth-order valence-corrected chi connectivity index (χ4v) is 0.338. The zero-order valence-electron chi connectivity index (χ0n) is 5.54. The average molecular weight is 122 g/mol. The number of rotatable bonds is 3. The van der Waals surface area contributed by atoms with E-state index in [-0.39, 0.29) is 0 Å². The van der Waals surface area contributed by atoms with Crippen LogP contribution in [0.1, 0.15) is 6.92 Å². The number of hydrogen-bond acceptors (Lipinski definition) is 2. The minimum Gasteiger partial charge on any atom is -0.263 e. The molecule has 0 aliphatic heterocycles. The van der Waals surface area contributed by atoms with Crippen molar-refractivity contribution in [2.45, 2.75) is 6.92 Å². The lowest BCUT2D eigenvalue weighted by molar-refractivity contribution is 1.56. The van der Waals surface area contributed by atoms with Crippen molar-refractivity contribution in [2.75, 3.05) is 0 Å². The van der Waals surface area contributed by atoms with E-state index in [4.69, 9.17) is 0 Å². The molecule has 0 fully saturated rings. The summed E-state index contributed by atoms with van der Waals surface area (Å²) in [4.78, 5) is 7.60. The Morgan fingerprint density at radius 3 is 2.44 bits per heavy atom. The van der Waals surface area contributed by atoms with Gasteiger partial charge in [-0.25, -0.2) is 0 Å². The Kier molecular flexibility index (Phi) is 4.32. The number of nitrogens with zero attached hydrogens (tertiary/aromatic N) is 2. The van der Waals surface area contributed by atoms with E-state index in [1.165, 1.54) is 12.4 Å². The van der Waals surface area contributed by atoms with Gasteiger partial charge in [-0.3, -0.25) is 9.98 Å². The van der Waals surface area contributed by atoms with E-state index < -0.39 is 0 Å². The molecule has 48 valence electrons. The van der Waals surface area contributed by atoms with Crippen molar-refractivity contribution in [3.8, 4) is 0 Å². The van der Waals surface area contributed by atoms with Gasteiger partial charge in [-0.1, -0.05) is 13.2 Å².